The van der Waals surface area contributed by atoms with Crippen LogP contribution in [0.2, 0.25) is 0 Å². The van der Waals surface area contributed by atoms with Gasteiger partial charge in [-0.05, 0) is 43.0 Å². The summed E-state index contributed by atoms with van der Waals surface area (Å²) in [6, 6.07) is 17.6. The highest BCUT2D eigenvalue weighted by atomic mass is 16.5. The number of ether oxygens (including phenoxy) is 1. The number of amides is 1. The summed E-state index contributed by atoms with van der Waals surface area (Å²) in [5.41, 5.74) is 3.05. The second-order valence-corrected chi connectivity index (χ2v) is 5.73. The number of aryl methyl sites for hydroxylation is 2. The average molecular weight is 325 g/mol. The maximum Gasteiger partial charge on any atom is 0.306 e. The Morgan fingerprint density at radius 2 is 1.79 bits per heavy atom. The van der Waals surface area contributed by atoms with Gasteiger partial charge in [0.15, 0.2) is 0 Å². The van der Waals surface area contributed by atoms with Crippen molar-refractivity contribution in [3.05, 3.63) is 65.7 Å². The van der Waals surface area contributed by atoms with Gasteiger partial charge >= 0.3 is 5.97 Å². The molecule has 0 bridgehead atoms. The van der Waals surface area contributed by atoms with Gasteiger partial charge in [-0.1, -0.05) is 42.5 Å². The number of benzene rings is 2. The number of hydrogen-bond donors (Lipinski definition) is 1. The van der Waals surface area contributed by atoms with Crippen molar-refractivity contribution in [1.82, 2.24) is 0 Å². The summed E-state index contributed by atoms with van der Waals surface area (Å²) in [4.78, 5) is 23.5. The number of rotatable bonds is 8. The van der Waals surface area contributed by atoms with Crippen LogP contribution in [0.1, 0.15) is 30.4 Å². The molecule has 4 nitrogen and oxygen atoms in total. The lowest BCUT2D eigenvalue weighted by Crippen LogP contribution is -2.15. The fraction of sp³-hybridized carbons (Fsp3) is 0.300. The van der Waals surface area contributed by atoms with E-state index in [1.54, 1.807) is 0 Å². The number of carbonyl (C=O) groups excluding carboxylic acids is 2. The number of carbonyl (C=O) groups is 2. The Hall–Kier alpha value is -2.62. The molecule has 4 heteroatoms. The SMILES string of the molecule is Cc1cccc(NC(=O)CCC(=O)OCCCc2ccccc2)c1. The lowest BCUT2D eigenvalue weighted by atomic mass is 10.1. The van der Waals surface area contributed by atoms with Gasteiger partial charge in [0, 0.05) is 12.1 Å². The molecule has 0 fully saturated rings. The zero-order chi connectivity index (χ0) is 17.2. The summed E-state index contributed by atoms with van der Waals surface area (Å²) in [7, 11) is 0. The molecular weight excluding hydrogens is 302 g/mol. The zero-order valence-electron chi connectivity index (χ0n) is 14.0. The van der Waals surface area contributed by atoms with Crippen molar-refractivity contribution in [3.63, 3.8) is 0 Å². The van der Waals surface area contributed by atoms with E-state index in [9.17, 15) is 9.59 Å². The molecule has 0 radical (unpaired) electrons. The van der Waals surface area contributed by atoms with Gasteiger partial charge in [-0.2, -0.15) is 0 Å². The van der Waals surface area contributed by atoms with Crippen LogP contribution in [0.25, 0.3) is 0 Å². The van der Waals surface area contributed by atoms with Crippen molar-refractivity contribution in [1.29, 1.82) is 0 Å². The van der Waals surface area contributed by atoms with E-state index in [1.807, 2.05) is 49.4 Å². The summed E-state index contributed by atoms with van der Waals surface area (Å²) in [6.45, 7) is 2.34. The number of anilines is 1. The topological polar surface area (TPSA) is 55.4 Å². The zero-order valence-corrected chi connectivity index (χ0v) is 14.0. The normalized spacial score (nSPS) is 10.2. The van der Waals surface area contributed by atoms with E-state index in [0.29, 0.717) is 6.61 Å². The van der Waals surface area contributed by atoms with E-state index in [2.05, 4.69) is 17.4 Å². The molecule has 1 N–H and O–H groups in total. The second kappa shape index (κ2) is 9.50. The first-order valence-corrected chi connectivity index (χ1v) is 8.19. The molecule has 0 aliphatic rings. The monoisotopic (exact) mass is 325 g/mol. The first-order valence-electron chi connectivity index (χ1n) is 8.19. The van der Waals surface area contributed by atoms with Gasteiger partial charge in [-0.15, -0.1) is 0 Å². The Labute approximate surface area is 142 Å². The van der Waals surface area contributed by atoms with E-state index in [0.717, 1.165) is 24.1 Å². The molecule has 2 aromatic rings. The predicted octanol–water partition coefficient (Wildman–Crippen LogP) is 3.89. The van der Waals surface area contributed by atoms with Crippen LogP contribution in [0, 0.1) is 6.92 Å². The molecule has 0 unspecified atom stereocenters. The van der Waals surface area contributed by atoms with Crippen LogP contribution >= 0.6 is 0 Å². The molecule has 2 aromatic carbocycles. The summed E-state index contributed by atoms with van der Waals surface area (Å²) >= 11 is 0. The van der Waals surface area contributed by atoms with Gasteiger partial charge in [0.05, 0.1) is 13.0 Å². The van der Waals surface area contributed by atoms with E-state index < -0.39 is 0 Å². The molecule has 126 valence electrons. The Morgan fingerprint density at radius 1 is 1.00 bits per heavy atom. The maximum atomic E-state index is 11.8. The molecule has 0 atom stereocenters. The minimum atomic E-state index is -0.331. The van der Waals surface area contributed by atoms with Gasteiger partial charge in [0.25, 0.3) is 0 Å². The van der Waals surface area contributed by atoms with Crippen molar-refractivity contribution in [2.75, 3.05) is 11.9 Å². The fourth-order valence-electron chi connectivity index (χ4n) is 2.34. The third-order valence-corrected chi connectivity index (χ3v) is 3.57. The molecule has 0 heterocycles. The maximum absolute atomic E-state index is 11.8. The van der Waals surface area contributed by atoms with Gasteiger partial charge in [-0.3, -0.25) is 9.59 Å². The Kier molecular flexibility index (Phi) is 7.02. The van der Waals surface area contributed by atoms with Crippen molar-refractivity contribution in [3.8, 4) is 0 Å². The molecule has 1 amide bonds. The highest BCUT2D eigenvalue weighted by molar-refractivity contribution is 5.92. The van der Waals surface area contributed by atoms with Crippen molar-refractivity contribution < 1.29 is 14.3 Å². The van der Waals surface area contributed by atoms with E-state index in [4.69, 9.17) is 4.74 Å². The summed E-state index contributed by atoms with van der Waals surface area (Å²) in [5.74, 6) is -0.510. The molecule has 24 heavy (non-hydrogen) atoms. The van der Waals surface area contributed by atoms with Crippen LogP contribution < -0.4 is 5.32 Å². The summed E-state index contributed by atoms with van der Waals surface area (Å²) in [6.07, 6.45) is 1.89. The van der Waals surface area contributed by atoms with Gasteiger partial charge in [-0.25, -0.2) is 0 Å². The van der Waals surface area contributed by atoms with E-state index in [1.165, 1.54) is 5.56 Å². The first-order chi connectivity index (χ1) is 11.6. The van der Waals surface area contributed by atoms with E-state index >= 15 is 0 Å². The molecule has 0 saturated heterocycles. The molecule has 0 aliphatic carbocycles. The van der Waals surface area contributed by atoms with E-state index in [-0.39, 0.29) is 24.7 Å². The lowest BCUT2D eigenvalue weighted by molar-refractivity contribution is -0.144. The predicted molar refractivity (Wildman–Crippen MR) is 94.8 cm³/mol. The highest BCUT2D eigenvalue weighted by Crippen LogP contribution is 2.10. The second-order valence-electron chi connectivity index (χ2n) is 5.73. The number of hydrogen-bond acceptors (Lipinski definition) is 3. The van der Waals surface area contributed by atoms with Crippen LogP contribution in [0.5, 0.6) is 0 Å². The minimum absolute atomic E-state index is 0.100. The molecule has 0 spiro atoms. The summed E-state index contributed by atoms with van der Waals surface area (Å²) < 4.78 is 5.16. The molecule has 2 rings (SSSR count). The van der Waals surface area contributed by atoms with Crippen LogP contribution in [0.4, 0.5) is 5.69 Å². The van der Waals surface area contributed by atoms with Crippen molar-refractivity contribution in [2.24, 2.45) is 0 Å². The fourth-order valence-corrected chi connectivity index (χ4v) is 2.34. The molecule has 0 saturated carbocycles. The summed E-state index contributed by atoms with van der Waals surface area (Å²) in [5, 5.41) is 2.78. The minimum Gasteiger partial charge on any atom is -0.466 e. The highest BCUT2D eigenvalue weighted by Gasteiger charge is 2.08. The smallest absolute Gasteiger partial charge is 0.306 e. The third-order valence-electron chi connectivity index (χ3n) is 3.57. The number of esters is 1. The van der Waals surface area contributed by atoms with Crippen LogP contribution in [0.3, 0.4) is 0 Å². The molecule has 0 aliphatic heterocycles. The Balaban J connectivity index is 1.59. The van der Waals surface area contributed by atoms with Crippen LogP contribution in [0.15, 0.2) is 54.6 Å². The van der Waals surface area contributed by atoms with Gasteiger partial charge in [0.2, 0.25) is 5.91 Å². The number of nitrogens with one attached hydrogen (secondary N) is 1. The Morgan fingerprint density at radius 3 is 2.54 bits per heavy atom. The first kappa shape index (κ1) is 17.7. The standard InChI is InChI=1S/C20H23NO3/c1-16-7-5-11-18(15-16)21-19(22)12-13-20(23)24-14-6-10-17-8-3-2-4-9-17/h2-5,7-9,11,15H,6,10,12-14H2,1H3,(H,21,22). The average Bonchev–Trinajstić information content (AvgIpc) is 2.58. The third kappa shape index (κ3) is 6.65. The Bertz CT molecular complexity index is 668. The lowest BCUT2D eigenvalue weighted by Gasteiger charge is -2.07. The van der Waals surface area contributed by atoms with Gasteiger partial charge < -0.3 is 10.1 Å². The molecular formula is C20H23NO3. The molecule has 0 aromatic heterocycles. The van der Waals surface area contributed by atoms with Gasteiger partial charge in [0.1, 0.15) is 0 Å². The van der Waals surface area contributed by atoms with Crippen molar-refractivity contribution in [2.45, 2.75) is 32.6 Å². The largest absolute Gasteiger partial charge is 0.466 e. The van der Waals surface area contributed by atoms with Crippen LogP contribution in [-0.2, 0) is 20.7 Å². The van der Waals surface area contributed by atoms with Crippen LogP contribution in [-0.4, -0.2) is 18.5 Å². The quantitative estimate of drug-likeness (QED) is 0.592. The van der Waals surface area contributed by atoms with Crippen molar-refractivity contribution >= 4 is 17.6 Å².